The molecule has 0 aromatic rings. The van der Waals surface area contributed by atoms with E-state index in [4.69, 9.17) is 4.74 Å². The first-order valence-electron chi connectivity index (χ1n) is 10.0. The Morgan fingerprint density at radius 3 is 2.58 bits per heavy atom. The van der Waals surface area contributed by atoms with Crippen molar-refractivity contribution in [1.82, 2.24) is 15.1 Å². The molecule has 0 bridgehead atoms. The summed E-state index contributed by atoms with van der Waals surface area (Å²) in [6.07, 6.45) is 9.68. The van der Waals surface area contributed by atoms with Gasteiger partial charge in [0.2, 0.25) is 5.91 Å². The number of hydrogen-bond donors (Lipinski definition) is 1. The molecule has 0 unspecified atom stereocenters. The van der Waals surface area contributed by atoms with Gasteiger partial charge in [0, 0.05) is 31.6 Å². The van der Waals surface area contributed by atoms with E-state index in [0.29, 0.717) is 0 Å². The van der Waals surface area contributed by atoms with Crippen molar-refractivity contribution >= 4 is 5.91 Å². The molecule has 24 heavy (non-hydrogen) atoms. The van der Waals surface area contributed by atoms with Gasteiger partial charge in [0.1, 0.15) is 0 Å². The smallest absolute Gasteiger partial charge is 0.223 e. The van der Waals surface area contributed by atoms with Gasteiger partial charge in [-0.3, -0.25) is 9.69 Å². The summed E-state index contributed by atoms with van der Waals surface area (Å²) in [4.78, 5) is 17.3. The minimum absolute atomic E-state index is 0.266. The summed E-state index contributed by atoms with van der Waals surface area (Å²) < 4.78 is 5.94. The molecule has 2 aliphatic heterocycles. The molecule has 0 aromatic carbocycles. The van der Waals surface area contributed by atoms with Gasteiger partial charge in [-0.25, -0.2) is 0 Å². The zero-order valence-electron chi connectivity index (χ0n) is 15.3. The minimum Gasteiger partial charge on any atom is -0.375 e. The Morgan fingerprint density at radius 2 is 1.83 bits per heavy atom. The van der Waals surface area contributed by atoms with Crippen molar-refractivity contribution < 1.29 is 9.53 Å². The lowest BCUT2D eigenvalue weighted by atomic mass is 9.88. The monoisotopic (exact) mass is 337 g/mol. The van der Waals surface area contributed by atoms with Gasteiger partial charge in [-0.2, -0.15) is 0 Å². The predicted molar refractivity (Wildman–Crippen MR) is 96.0 cm³/mol. The Labute approximate surface area is 147 Å². The highest BCUT2D eigenvalue weighted by molar-refractivity contribution is 5.78. The summed E-state index contributed by atoms with van der Waals surface area (Å²) in [6, 6.07) is 0.726. The number of nitrogens with one attached hydrogen (secondary N) is 1. The predicted octanol–water partition coefficient (Wildman–Crippen LogP) is 1.87. The van der Waals surface area contributed by atoms with Crippen LogP contribution in [0.2, 0.25) is 0 Å². The van der Waals surface area contributed by atoms with Crippen LogP contribution >= 0.6 is 0 Å². The number of rotatable bonds is 5. The Bertz CT molecular complexity index is 390. The Balaban J connectivity index is 1.35. The molecule has 1 N–H and O–H groups in total. The van der Waals surface area contributed by atoms with Crippen LogP contribution in [0.3, 0.4) is 0 Å². The zero-order chi connectivity index (χ0) is 16.8. The Hall–Kier alpha value is -0.650. The summed E-state index contributed by atoms with van der Waals surface area (Å²) in [5.74, 6) is 0.541. The molecule has 0 radical (unpaired) electrons. The van der Waals surface area contributed by atoms with E-state index in [0.717, 1.165) is 51.5 Å². The van der Waals surface area contributed by atoms with E-state index >= 15 is 0 Å². The lowest BCUT2D eigenvalue weighted by Gasteiger charge is -2.41. The molecule has 3 rings (SSSR count). The van der Waals surface area contributed by atoms with Gasteiger partial charge < -0.3 is 15.0 Å². The first-order valence-corrected chi connectivity index (χ1v) is 10.0. The highest BCUT2D eigenvalue weighted by Crippen LogP contribution is 2.24. The SMILES string of the molecule is CN1CCC(N2CCO[C@H](CCNC(=O)C3CCCCC3)C2)CC1. The normalized spacial score (nSPS) is 28.8. The maximum absolute atomic E-state index is 12.2. The maximum Gasteiger partial charge on any atom is 0.223 e. The van der Waals surface area contributed by atoms with Gasteiger partial charge >= 0.3 is 0 Å². The number of piperidine rings is 1. The number of carbonyl (C=O) groups excluding carboxylic acids is 1. The van der Waals surface area contributed by atoms with Crippen LogP contribution in [0.5, 0.6) is 0 Å². The summed E-state index contributed by atoms with van der Waals surface area (Å²) in [5.41, 5.74) is 0. The molecular weight excluding hydrogens is 302 g/mol. The molecule has 2 heterocycles. The van der Waals surface area contributed by atoms with Crippen molar-refractivity contribution in [3.05, 3.63) is 0 Å². The van der Waals surface area contributed by atoms with Crippen molar-refractivity contribution in [3.63, 3.8) is 0 Å². The lowest BCUT2D eigenvalue weighted by Crippen LogP contribution is -2.51. The Kier molecular flexibility index (Phi) is 6.93. The molecule has 1 aliphatic carbocycles. The quantitative estimate of drug-likeness (QED) is 0.832. The van der Waals surface area contributed by atoms with Gasteiger partial charge in [0.05, 0.1) is 12.7 Å². The van der Waals surface area contributed by atoms with Gasteiger partial charge in [0.15, 0.2) is 0 Å². The molecule has 138 valence electrons. The molecule has 3 aliphatic rings. The van der Waals surface area contributed by atoms with Crippen LogP contribution in [-0.4, -0.2) is 74.2 Å². The summed E-state index contributed by atoms with van der Waals surface area (Å²) in [6.45, 7) is 6.14. The van der Waals surface area contributed by atoms with E-state index in [1.165, 1.54) is 45.2 Å². The number of nitrogens with zero attached hydrogens (tertiary/aromatic N) is 2. The zero-order valence-corrected chi connectivity index (χ0v) is 15.3. The van der Waals surface area contributed by atoms with Crippen molar-refractivity contribution in [2.45, 2.75) is 63.5 Å². The van der Waals surface area contributed by atoms with Crippen LogP contribution in [0.25, 0.3) is 0 Å². The van der Waals surface area contributed by atoms with E-state index in [1.54, 1.807) is 0 Å². The average molecular weight is 338 g/mol. The number of carbonyl (C=O) groups is 1. The fraction of sp³-hybridized carbons (Fsp3) is 0.947. The van der Waals surface area contributed by atoms with Gasteiger partial charge in [-0.05, 0) is 52.2 Å². The van der Waals surface area contributed by atoms with Crippen LogP contribution in [0.1, 0.15) is 51.4 Å². The third kappa shape index (κ3) is 5.17. The van der Waals surface area contributed by atoms with Gasteiger partial charge in [-0.15, -0.1) is 0 Å². The summed E-state index contributed by atoms with van der Waals surface area (Å²) >= 11 is 0. The second-order valence-corrected chi connectivity index (χ2v) is 7.94. The first kappa shape index (κ1) is 18.2. The van der Waals surface area contributed by atoms with Crippen molar-refractivity contribution in [3.8, 4) is 0 Å². The number of likely N-dealkylation sites (tertiary alicyclic amines) is 1. The largest absolute Gasteiger partial charge is 0.375 e. The van der Waals surface area contributed by atoms with E-state index < -0.39 is 0 Å². The van der Waals surface area contributed by atoms with E-state index in [9.17, 15) is 4.79 Å². The van der Waals surface area contributed by atoms with Crippen LogP contribution in [0.4, 0.5) is 0 Å². The lowest BCUT2D eigenvalue weighted by molar-refractivity contribution is -0.126. The molecular formula is C19H35N3O2. The average Bonchev–Trinajstić information content (AvgIpc) is 2.63. The topological polar surface area (TPSA) is 44.8 Å². The fourth-order valence-corrected chi connectivity index (χ4v) is 4.47. The number of hydrogen-bond acceptors (Lipinski definition) is 4. The molecule has 0 spiro atoms. The molecule has 1 atom stereocenters. The molecule has 1 amide bonds. The van der Waals surface area contributed by atoms with Crippen LogP contribution in [-0.2, 0) is 9.53 Å². The second-order valence-electron chi connectivity index (χ2n) is 7.94. The van der Waals surface area contributed by atoms with Crippen LogP contribution in [0, 0.1) is 5.92 Å². The summed E-state index contributed by atoms with van der Waals surface area (Å²) in [7, 11) is 2.22. The van der Waals surface area contributed by atoms with Gasteiger partial charge in [-0.1, -0.05) is 19.3 Å². The Morgan fingerprint density at radius 1 is 1.08 bits per heavy atom. The van der Waals surface area contributed by atoms with Gasteiger partial charge in [0.25, 0.3) is 0 Å². The third-order valence-electron chi connectivity index (χ3n) is 6.12. The van der Waals surface area contributed by atoms with Crippen molar-refractivity contribution in [2.24, 2.45) is 5.92 Å². The minimum atomic E-state index is 0.266. The number of amides is 1. The van der Waals surface area contributed by atoms with Crippen LogP contribution < -0.4 is 5.32 Å². The highest BCUT2D eigenvalue weighted by atomic mass is 16.5. The van der Waals surface area contributed by atoms with Crippen molar-refractivity contribution in [1.29, 1.82) is 0 Å². The molecule has 0 aromatic heterocycles. The molecule has 1 saturated carbocycles. The first-order chi connectivity index (χ1) is 11.7. The molecule has 5 nitrogen and oxygen atoms in total. The fourth-order valence-electron chi connectivity index (χ4n) is 4.47. The highest BCUT2D eigenvalue weighted by Gasteiger charge is 2.28. The second kappa shape index (κ2) is 9.16. The standard InChI is InChI=1S/C19H35N3O2/c1-21-11-8-17(9-12-21)22-13-14-24-18(15-22)7-10-20-19(23)16-5-3-2-4-6-16/h16-18H,2-15H2,1H3,(H,20,23)/t18-/m1/s1. The number of morpholine rings is 1. The van der Waals surface area contributed by atoms with E-state index in [-0.39, 0.29) is 17.9 Å². The van der Waals surface area contributed by atoms with Crippen LogP contribution in [0.15, 0.2) is 0 Å². The molecule has 3 fully saturated rings. The molecule has 2 saturated heterocycles. The van der Waals surface area contributed by atoms with E-state index in [2.05, 4.69) is 22.2 Å². The summed E-state index contributed by atoms with van der Waals surface area (Å²) in [5, 5.41) is 3.16. The maximum atomic E-state index is 12.2. The third-order valence-corrected chi connectivity index (χ3v) is 6.12. The van der Waals surface area contributed by atoms with Crippen molar-refractivity contribution in [2.75, 3.05) is 46.4 Å². The number of ether oxygens (including phenoxy) is 1. The van der Waals surface area contributed by atoms with E-state index in [1.807, 2.05) is 0 Å². The molecule has 5 heteroatoms.